The van der Waals surface area contributed by atoms with Gasteiger partial charge in [-0.1, -0.05) is 48.0 Å². The van der Waals surface area contributed by atoms with Crippen LogP contribution >= 0.6 is 11.3 Å². The van der Waals surface area contributed by atoms with Gasteiger partial charge in [-0.05, 0) is 24.1 Å². The van der Waals surface area contributed by atoms with Gasteiger partial charge in [0.25, 0.3) is 5.91 Å². The van der Waals surface area contributed by atoms with Crippen molar-refractivity contribution in [1.82, 2.24) is 4.98 Å². The Morgan fingerprint density at radius 1 is 1.26 bits per heavy atom. The van der Waals surface area contributed by atoms with E-state index in [-0.39, 0.29) is 5.91 Å². The fraction of sp³-hybridized carbons (Fsp3) is 0.190. The maximum Gasteiger partial charge on any atom is 0.339 e. The van der Waals surface area contributed by atoms with Crippen LogP contribution in [0.2, 0.25) is 0 Å². The molecule has 1 aromatic heterocycles. The van der Waals surface area contributed by atoms with E-state index in [1.807, 2.05) is 18.2 Å². The van der Waals surface area contributed by atoms with Crippen LogP contribution in [0.25, 0.3) is 0 Å². The molecule has 0 spiro atoms. The van der Waals surface area contributed by atoms with Crippen molar-refractivity contribution in [1.29, 1.82) is 0 Å². The minimum Gasteiger partial charge on any atom is -0.448 e. The predicted molar refractivity (Wildman–Crippen MR) is 104 cm³/mol. The van der Waals surface area contributed by atoms with Crippen molar-refractivity contribution in [3.63, 3.8) is 0 Å². The molecule has 2 heterocycles. The number of thiazole rings is 1. The second-order valence-electron chi connectivity index (χ2n) is 6.54. The van der Waals surface area contributed by atoms with E-state index < -0.39 is 12.1 Å². The van der Waals surface area contributed by atoms with Crippen LogP contribution in [-0.2, 0) is 22.4 Å². The van der Waals surface area contributed by atoms with E-state index in [1.165, 1.54) is 22.5 Å². The molecule has 3 aromatic rings. The average Bonchev–Trinajstić information content (AvgIpc) is 3.08. The van der Waals surface area contributed by atoms with Gasteiger partial charge in [-0.3, -0.25) is 10.1 Å². The quantitative estimate of drug-likeness (QED) is 0.702. The molecule has 0 aliphatic carbocycles. The number of cyclic esters (lactones) is 1. The Morgan fingerprint density at radius 2 is 2.11 bits per heavy atom. The first-order chi connectivity index (χ1) is 13.1. The predicted octanol–water partition coefficient (Wildman–Crippen LogP) is 3.76. The number of rotatable bonds is 4. The number of anilines is 1. The van der Waals surface area contributed by atoms with E-state index in [2.05, 4.69) is 35.4 Å². The van der Waals surface area contributed by atoms with E-state index in [1.54, 1.807) is 18.3 Å². The summed E-state index contributed by atoms with van der Waals surface area (Å²) in [6, 6.07) is 15.5. The first-order valence-electron chi connectivity index (χ1n) is 8.68. The second kappa shape index (κ2) is 7.32. The van der Waals surface area contributed by atoms with Crippen LogP contribution in [-0.4, -0.2) is 23.0 Å². The van der Waals surface area contributed by atoms with Gasteiger partial charge < -0.3 is 4.74 Å². The van der Waals surface area contributed by atoms with Crippen LogP contribution in [0.4, 0.5) is 5.13 Å². The molecule has 1 atom stereocenters. The highest BCUT2D eigenvalue weighted by Crippen LogP contribution is 2.24. The molecule has 27 heavy (non-hydrogen) atoms. The molecule has 136 valence electrons. The largest absolute Gasteiger partial charge is 0.448 e. The summed E-state index contributed by atoms with van der Waals surface area (Å²) in [6.45, 7) is 2.06. The Balaban J connectivity index is 1.42. The molecule has 5 nitrogen and oxygen atoms in total. The number of amides is 1. The molecule has 4 rings (SSSR count). The van der Waals surface area contributed by atoms with Crippen molar-refractivity contribution < 1.29 is 14.3 Å². The average molecular weight is 378 g/mol. The van der Waals surface area contributed by atoms with Crippen LogP contribution in [0.5, 0.6) is 0 Å². The van der Waals surface area contributed by atoms with Crippen LogP contribution in [0.3, 0.4) is 0 Å². The topological polar surface area (TPSA) is 68.3 Å². The smallest absolute Gasteiger partial charge is 0.339 e. The Kier molecular flexibility index (Phi) is 4.73. The maximum absolute atomic E-state index is 12.5. The number of carbonyl (C=O) groups excluding carboxylic acids is 2. The summed E-state index contributed by atoms with van der Waals surface area (Å²) in [7, 11) is 0. The lowest BCUT2D eigenvalue weighted by molar-refractivity contribution is -0.125. The van der Waals surface area contributed by atoms with Crippen molar-refractivity contribution in [2.75, 3.05) is 5.32 Å². The Morgan fingerprint density at radius 3 is 2.96 bits per heavy atom. The van der Waals surface area contributed by atoms with E-state index in [0.717, 1.165) is 16.9 Å². The highest BCUT2D eigenvalue weighted by atomic mass is 32.1. The zero-order valence-corrected chi connectivity index (χ0v) is 15.6. The molecular formula is C21H18N2O3S. The Bertz CT molecular complexity index is 1010. The van der Waals surface area contributed by atoms with Crippen LogP contribution in [0, 0.1) is 6.92 Å². The van der Waals surface area contributed by atoms with Crippen molar-refractivity contribution in [2.45, 2.75) is 25.9 Å². The molecule has 2 aromatic carbocycles. The number of nitrogens with zero attached hydrogens (tertiary/aromatic N) is 1. The summed E-state index contributed by atoms with van der Waals surface area (Å²) < 4.78 is 5.29. The number of aromatic nitrogens is 1. The van der Waals surface area contributed by atoms with E-state index in [0.29, 0.717) is 17.1 Å². The molecule has 1 aliphatic heterocycles. The molecule has 6 heteroatoms. The number of hydrogen-bond donors (Lipinski definition) is 1. The number of carbonyl (C=O) groups is 2. The van der Waals surface area contributed by atoms with Gasteiger partial charge in [0, 0.05) is 23.9 Å². The third-order valence-corrected chi connectivity index (χ3v) is 5.34. The minimum absolute atomic E-state index is 0.352. The SMILES string of the molecule is Cc1cccc(Cc2cnc(NC(=O)[C@H]3Cc4ccccc4C(=O)O3)s2)c1. The number of ether oxygens (including phenoxy) is 1. The molecule has 0 radical (unpaired) electrons. The summed E-state index contributed by atoms with van der Waals surface area (Å²) in [4.78, 5) is 29.9. The van der Waals surface area contributed by atoms with Gasteiger partial charge >= 0.3 is 5.97 Å². The molecule has 0 saturated heterocycles. The Labute approximate surface area is 161 Å². The van der Waals surface area contributed by atoms with Crippen molar-refractivity contribution >= 4 is 28.3 Å². The molecular weight excluding hydrogens is 360 g/mol. The number of fused-ring (bicyclic) bond motifs is 1. The van der Waals surface area contributed by atoms with Gasteiger partial charge in [0.2, 0.25) is 0 Å². The lowest BCUT2D eigenvalue weighted by Crippen LogP contribution is -2.37. The minimum atomic E-state index is -0.837. The lowest BCUT2D eigenvalue weighted by Gasteiger charge is -2.23. The molecule has 0 unspecified atom stereocenters. The summed E-state index contributed by atoms with van der Waals surface area (Å²) in [5.74, 6) is -0.814. The van der Waals surface area contributed by atoms with Gasteiger partial charge in [-0.25, -0.2) is 9.78 Å². The number of nitrogens with one attached hydrogen (secondary N) is 1. The van der Waals surface area contributed by atoms with Crippen molar-refractivity contribution in [2.24, 2.45) is 0 Å². The molecule has 0 fully saturated rings. The summed E-state index contributed by atoms with van der Waals surface area (Å²) >= 11 is 1.43. The highest BCUT2D eigenvalue weighted by molar-refractivity contribution is 7.15. The monoisotopic (exact) mass is 378 g/mol. The lowest BCUT2D eigenvalue weighted by atomic mass is 9.98. The number of esters is 1. The number of aryl methyl sites for hydroxylation is 1. The maximum atomic E-state index is 12.5. The second-order valence-corrected chi connectivity index (χ2v) is 7.66. The van der Waals surface area contributed by atoms with Gasteiger partial charge in [0.15, 0.2) is 11.2 Å². The summed E-state index contributed by atoms with van der Waals surface area (Å²) in [5, 5.41) is 3.28. The van der Waals surface area contributed by atoms with Crippen LogP contribution < -0.4 is 5.32 Å². The van der Waals surface area contributed by atoms with Crippen molar-refractivity contribution in [3.05, 3.63) is 81.9 Å². The van der Waals surface area contributed by atoms with E-state index in [9.17, 15) is 9.59 Å². The zero-order valence-electron chi connectivity index (χ0n) is 14.8. The fourth-order valence-electron chi connectivity index (χ4n) is 3.13. The fourth-order valence-corrected chi connectivity index (χ4v) is 3.98. The van der Waals surface area contributed by atoms with Crippen LogP contribution in [0.1, 0.15) is 31.9 Å². The van der Waals surface area contributed by atoms with Gasteiger partial charge in [0.05, 0.1) is 5.56 Å². The Hall–Kier alpha value is -2.99. The van der Waals surface area contributed by atoms with Crippen LogP contribution in [0.15, 0.2) is 54.7 Å². The molecule has 1 aliphatic rings. The van der Waals surface area contributed by atoms with Gasteiger partial charge in [-0.2, -0.15) is 0 Å². The van der Waals surface area contributed by atoms with E-state index >= 15 is 0 Å². The normalized spacial score (nSPS) is 15.7. The first kappa shape index (κ1) is 17.4. The molecule has 1 amide bonds. The van der Waals surface area contributed by atoms with E-state index in [4.69, 9.17) is 4.74 Å². The summed E-state index contributed by atoms with van der Waals surface area (Å²) in [5.41, 5.74) is 3.77. The molecule has 0 bridgehead atoms. The van der Waals surface area contributed by atoms with Gasteiger partial charge in [0.1, 0.15) is 0 Å². The molecule has 1 N–H and O–H groups in total. The standard InChI is InChI=1S/C21H18N2O3S/c1-13-5-4-6-14(9-13)10-16-12-22-21(27-16)23-19(24)18-11-15-7-2-3-8-17(15)20(25)26-18/h2-9,12,18H,10-11H2,1H3,(H,22,23,24)/t18-/m1/s1. The summed E-state index contributed by atoms with van der Waals surface area (Å²) in [6.07, 6.45) is 2.07. The zero-order chi connectivity index (χ0) is 18.8. The molecule has 0 saturated carbocycles. The first-order valence-corrected chi connectivity index (χ1v) is 9.50. The third kappa shape index (κ3) is 3.90. The number of benzene rings is 2. The third-order valence-electron chi connectivity index (χ3n) is 4.43. The highest BCUT2D eigenvalue weighted by Gasteiger charge is 2.31. The van der Waals surface area contributed by atoms with Gasteiger partial charge in [-0.15, -0.1) is 11.3 Å². The van der Waals surface area contributed by atoms with Crippen molar-refractivity contribution in [3.8, 4) is 0 Å². The number of hydrogen-bond acceptors (Lipinski definition) is 5.